The lowest BCUT2D eigenvalue weighted by Gasteiger charge is -2.26. The molecule has 1 fully saturated rings. The molecule has 0 aliphatic heterocycles. The molecule has 1 aliphatic carbocycles. The topological polar surface area (TPSA) is 44.2 Å². The van der Waals surface area contributed by atoms with Crippen LogP contribution in [0.15, 0.2) is 24.5 Å². The molecular weight excluding hydrogens is 462 g/mol. The van der Waals surface area contributed by atoms with Crippen molar-refractivity contribution in [3.05, 3.63) is 47.8 Å². The molecule has 4 nitrogen and oxygen atoms in total. The van der Waals surface area contributed by atoms with Gasteiger partial charge in [-0.1, -0.05) is 19.8 Å². The van der Waals surface area contributed by atoms with Crippen molar-refractivity contribution in [3.63, 3.8) is 0 Å². The Bertz CT molecular complexity index is 823. The number of ether oxygens (including phenoxy) is 2. The van der Waals surface area contributed by atoms with Crippen molar-refractivity contribution in [2.24, 2.45) is 5.92 Å². The van der Waals surface area contributed by atoms with Crippen molar-refractivity contribution < 1.29 is 35.8 Å². The van der Waals surface area contributed by atoms with E-state index in [1.165, 1.54) is 12.8 Å². The minimum Gasteiger partial charge on any atom is -0.490 e. The van der Waals surface area contributed by atoms with E-state index < -0.39 is 29.8 Å². The zero-order chi connectivity index (χ0) is 24.9. The van der Waals surface area contributed by atoms with Crippen LogP contribution in [0, 0.1) is 23.4 Å². The van der Waals surface area contributed by atoms with Crippen LogP contribution in [0.4, 0.5) is 26.3 Å². The Kier molecular flexibility index (Phi) is 12.0. The fraction of sp³-hybridized carbons (Fsp3) is 0.583. The number of alkyl halides is 3. The maximum Gasteiger partial charge on any atom is 0.387 e. The van der Waals surface area contributed by atoms with Crippen molar-refractivity contribution in [2.45, 2.75) is 70.8 Å². The second-order valence-electron chi connectivity index (χ2n) is 8.10. The summed E-state index contributed by atoms with van der Waals surface area (Å²) in [5, 5.41) is 0. The number of rotatable bonds is 10. The molecular formula is C24H30F6N2O2. The Labute approximate surface area is 195 Å². The molecule has 10 heteroatoms. The molecule has 0 unspecified atom stereocenters. The van der Waals surface area contributed by atoms with Crippen LogP contribution in [-0.2, 0) is 0 Å². The summed E-state index contributed by atoms with van der Waals surface area (Å²) in [6.45, 7) is -0.615. The van der Waals surface area contributed by atoms with Gasteiger partial charge in [-0.3, -0.25) is 4.39 Å². The van der Waals surface area contributed by atoms with Crippen LogP contribution in [0.3, 0.4) is 0 Å². The Morgan fingerprint density at radius 3 is 2.12 bits per heavy atom. The summed E-state index contributed by atoms with van der Waals surface area (Å²) < 4.78 is 81.8. The third kappa shape index (κ3) is 9.38. The van der Waals surface area contributed by atoms with Gasteiger partial charge in [0, 0.05) is 18.1 Å². The minimum atomic E-state index is -3.35. The van der Waals surface area contributed by atoms with Gasteiger partial charge in [-0.2, -0.15) is 8.78 Å². The number of hydrogen-bond donors (Lipinski definition) is 0. The van der Waals surface area contributed by atoms with Crippen LogP contribution < -0.4 is 9.47 Å². The summed E-state index contributed by atoms with van der Waals surface area (Å²) in [4.78, 5) is 8.92. The quantitative estimate of drug-likeness (QED) is 0.256. The number of benzene rings is 1. The monoisotopic (exact) mass is 492 g/mol. The highest BCUT2D eigenvalue weighted by atomic mass is 19.3. The van der Waals surface area contributed by atoms with E-state index in [0.717, 1.165) is 56.7 Å². The van der Waals surface area contributed by atoms with Gasteiger partial charge >= 0.3 is 6.61 Å². The third-order valence-electron chi connectivity index (χ3n) is 5.56. The fourth-order valence-corrected chi connectivity index (χ4v) is 3.75. The number of nitrogens with zero attached hydrogens (tertiary/aromatic N) is 2. The highest BCUT2D eigenvalue weighted by Gasteiger charge is 2.24. The third-order valence-corrected chi connectivity index (χ3v) is 5.56. The molecule has 0 N–H and O–H groups in total. The minimum absolute atomic E-state index is 0.185. The van der Waals surface area contributed by atoms with Crippen molar-refractivity contribution in [1.82, 2.24) is 9.97 Å². The molecule has 1 aromatic carbocycles. The van der Waals surface area contributed by atoms with Crippen LogP contribution in [-0.4, -0.2) is 29.9 Å². The van der Waals surface area contributed by atoms with Gasteiger partial charge in [-0.25, -0.2) is 23.1 Å². The molecule has 1 aromatic heterocycles. The summed E-state index contributed by atoms with van der Waals surface area (Å²) in [7, 11) is 0. The first-order valence-corrected chi connectivity index (χ1v) is 11.4. The molecule has 3 rings (SSSR count). The van der Waals surface area contributed by atoms with Gasteiger partial charge in [0.05, 0.1) is 25.7 Å². The molecule has 190 valence electrons. The second kappa shape index (κ2) is 14.7. The zero-order valence-electron chi connectivity index (χ0n) is 19.1. The molecule has 2 aromatic rings. The first kappa shape index (κ1) is 27.7. The van der Waals surface area contributed by atoms with Crippen LogP contribution in [0.2, 0.25) is 0 Å². The van der Waals surface area contributed by atoms with Crippen molar-refractivity contribution >= 4 is 0 Å². The maximum absolute atomic E-state index is 12.5. The predicted molar refractivity (Wildman–Crippen MR) is 115 cm³/mol. The van der Waals surface area contributed by atoms with E-state index in [1.54, 1.807) is 12.4 Å². The number of unbranched alkanes of at least 4 members (excludes halogenated alkanes) is 2. The molecule has 0 saturated heterocycles. The van der Waals surface area contributed by atoms with E-state index in [4.69, 9.17) is 4.74 Å². The van der Waals surface area contributed by atoms with Gasteiger partial charge in [0.2, 0.25) is 0 Å². The van der Waals surface area contributed by atoms with E-state index in [2.05, 4.69) is 21.6 Å². The van der Waals surface area contributed by atoms with Crippen LogP contribution >= 0.6 is 0 Å². The molecule has 0 bridgehead atoms. The van der Waals surface area contributed by atoms with Gasteiger partial charge in [0.1, 0.15) is 11.6 Å². The largest absolute Gasteiger partial charge is 0.490 e. The Balaban J connectivity index is 0.000000270. The Morgan fingerprint density at radius 1 is 0.971 bits per heavy atom. The lowest BCUT2D eigenvalue weighted by atomic mass is 9.80. The van der Waals surface area contributed by atoms with E-state index in [1.807, 2.05) is 0 Å². The van der Waals surface area contributed by atoms with Crippen LogP contribution in [0.25, 0.3) is 0 Å². The Hall–Kier alpha value is -2.52. The summed E-state index contributed by atoms with van der Waals surface area (Å²) in [5.74, 6) is -2.79. The van der Waals surface area contributed by atoms with E-state index in [9.17, 15) is 26.3 Å². The lowest BCUT2D eigenvalue weighted by molar-refractivity contribution is -0.0547. The highest BCUT2D eigenvalue weighted by Crippen LogP contribution is 2.35. The van der Waals surface area contributed by atoms with Crippen molar-refractivity contribution in [3.8, 4) is 11.5 Å². The van der Waals surface area contributed by atoms with Gasteiger partial charge in [-0.05, 0) is 44.4 Å². The number of halogens is 6. The smallest absolute Gasteiger partial charge is 0.387 e. The molecule has 0 amide bonds. The molecule has 0 spiro atoms. The van der Waals surface area contributed by atoms with Gasteiger partial charge in [-0.15, -0.1) is 0 Å². The molecule has 34 heavy (non-hydrogen) atoms. The fourth-order valence-electron chi connectivity index (χ4n) is 3.75. The van der Waals surface area contributed by atoms with Crippen molar-refractivity contribution in [2.75, 3.05) is 13.3 Å². The Morgan fingerprint density at radius 2 is 1.59 bits per heavy atom. The SMILES string of the molecule is CCCCCOc1cnc(C2CCC(CCF)CC2)nc1.Fc1cc(F)c(OC(F)F)c(F)c1. The standard InChI is InChI=1S/C17H27FN2O.C7H3F5O/c1-2-3-4-11-21-16-12-19-17(20-13-16)15-7-5-14(6-8-15)9-10-18;8-3-1-4(9)6(5(10)2-3)13-7(11)12/h12-15H,2-11H2,1H3;1-2,7H. The summed E-state index contributed by atoms with van der Waals surface area (Å²) in [5.41, 5.74) is 0. The van der Waals surface area contributed by atoms with Crippen LogP contribution in [0.5, 0.6) is 11.5 Å². The van der Waals surface area contributed by atoms with E-state index in [-0.39, 0.29) is 18.8 Å². The molecule has 1 saturated carbocycles. The van der Waals surface area contributed by atoms with Gasteiger partial charge in [0.15, 0.2) is 23.1 Å². The van der Waals surface area contributed by atoms with Gasteiger partial charge < -0.3 is 9.47 Å². The highest BCUT2D eigenvalue weighted by molar-refractivity contribution is 5.26. The van der Waals surface area contributed by atoms with E-state index in [0.29, 0.717) is 11.8 Å². The average molecular weight is 493 g/mol. The zero-order valence-corrected chi connectivity index (χ0v) is 19.1. The molecule has 1 aliphatic rings. The number of aromatic nitrogens is 2. The molecule has 1 heterocycles. The summed E-state index contributed by atoms with van der Waals surface area (Å²) in [6, 6.07) is 0.502. The van der Waals surface area contributed by atoms with Gasteiger partial charge in [0.25, 0.3) is 0 Å². The second-order valence-corrected chi connectivity index (χ2v) is 8.10. The average Bonchev–Trinajstić information content (AvgIpc) is 2.81. The van der Waals surface area contributed by atoms with Crippen molar-refractivity contribution in [1.29, 1.82) is 0 Å². The van der Waals surface area contributed by atoms with E-state index >= 15 is 0 Å². The lowest BCUT2D eigenvalue weighted by Crippen LogP contribution is -2.15. The summed E-state index contributed by atoms with van der Waals surface area (Å²) >= 11 is 0. The summed E-state index contributed by atoms with van der Waals surface area (Å²) in [6.07, 6.45) is 12.2. The number of hydrogen-bond acceptors (Lipinski definition) is 4. The van der Waals surface area contributed by atoms with Crippen LogP contribution in [0.1, 0.15) is 70.0 Å². The molecule has 0 radical (unpaired) electrons. The first-order valence-electron chi connectivity index (χ1n) is 11.4. The maximum atomic E-state index is 12.5. The first-order chi connectivity index (χ1) is 16.3. The predicted octanol–water partition coefficient (Wildman–Crippen LogP) is 7.38. The molecule has 0 atom stereocenters. The normalized spacial score (nSPS) is 17.8.